The number of nitrogens with zero attached hydrogens (tertiary/aromatic N) is 1. The maximum atomic E-state index is 5.86. The van der Waals surface area contributed by atoms with Gasteiger partial charge in [-0.05, 0) is 62.7 Å². The second-order valence-corrected chi connectivity index (χ2v) is 6.72. The number of methoxy groups -OCH3 is 1. The lowest BCUT2D eigenvalue weighted by Gasteiger charge is -2.13. The molecule has 1 N–H and O–H groups in total. The molecule has 5 heteroatoms. The van der Waals surface area contributed by atoms with E-state index in [1.165, 1.54) is 10.4 Å². The Morgan fingerprint density at radius 2 is 2.04 bits per heavy atom. The molecule has 0 fully saturated rings. The molecule has 0 radical (unpaired) electrons. The van der Waals surface area contributed by atoms with E-state index in [2.05, 4.69) is 41.8 Å². The smallest absolute Gasteiger partial charge is 0.161 e. The predicted octanol–water partition coefficient (Wildman–Crippen LogP) is 3.38. The van der Waals surface area contributed by atoms with Gasteiger partial charge >= 0.3 is 0 Å². The molecule has 23 heavy (non-hydrogen) atoms. The molecule has 2 rings (SSSR count). The minimum atomic E-state index is 0.580. The molecule has 126 valence electrons. The van der Waals surface area contributed by atoms with Gasteiger partial charge in [0, 0.05) is 11.4 Å². The van der Waals surface area contributed by atoms with Crippen molar-refractivity contribution in [3.63, 3.8) is 0 Å². The van der Waals surface area contributed by atoms with Crippen LogP contribution in [0.2, 0.25) is 0 Å². The molecular weight excluding hydrogens is 308 g/mol. The number of hydrogen-bond donors (Lipinski definition) is 1. The van der Waals surface area contributed by atoms with Gasteiger partial charge in [0.05, 0.1) is 7.11 Å². The van der Waals surface area contributed by atoms with Crippen LogP contribution in [0.3, 0.4) is 0 Å². The second-order valence-electron chi connectivity index (χ2n) is 5.69. The maximum Gasteiger partial charge on any atom is 0.161 e. The number of ether oxygens (including phenoxy) is 2. The van der Waals surface area contributed by atoms with Crippen molar-refractivity contribution in [2.45, 2.75) is 19.6 Å². The lowest BCUT2D eigenvalue weighted by atomic mass is 10.2. The standard InChI is InChI=1S/C18H26N2O2S/c1-20(2)10-5-9-19-13-15-7-8-17(18(12-15)21-3)22-14-16-6-4-11-23-16/h4,6-8,11-12,19H,5,9-10,13-14H2,1-3H3. The Morgan fingerprint density at radius 3 is 2.74 bits per heavy atom. The highest BCUT2D eigenvalue weighted by Gasteiger charge is 2.06. The third-order valence-electron chi connectivity index (χ3n) is 3.47. The van der Waals surface area contributed by atoms with Crippen LogP contribution < -0.4 is 14.8 Å². The summed E-state index contributed by atoms with van der Waals surface area (Å²) in [5.41, 5.74) is 1.20. The van der Waals surface area contributed by atoms with E-state index < -0.39 is 0 Å². The summed E-state index contributed by atoms with van der Waals surface area (Å²) < 4.78 is 11.3. The van der Waals surface area contributed by atoms with Gasteiger partial charge in [-0.2, -0.15) is 0 Å². The quantitative estimate of drug-likeness (QED) is 0.676. The van der Waals surface area contributed by atoms with Gasteiger partial charge in [0.1, 0.15) is 6.61 Å². The Hall–Kier alpha value is -1.56. The van der Waals surface area contributed by atoms with E-state index in [4.69, 9.17) is 9.47 Å². The van der Waals surface area contributed by atoms with E-state index in [1.807, 2.05) is 18.2 Å². The van der Waals surface area contributed by atoms with E-state index in [1.54, 1.807) is 18.4 Å². The maximum absolute atomic E-state index is 5.86. The number of rotatable bonds is 10. The van der Waals surface area contributed by atoms with Crippen molar-refractivity contribution in [1.29, 1.82) is 0 Å². The highest BCUT2D eigenvalue weighted by Crippen LogP contribution is 2.29. The molecule has 0 unspecified atom stereocenters. The van der Waals surface area contributed by atoms with E-state index in [0.717, 1.165) is 37.6 Å². The lowest BCUT2D eigenvalue weighted by Crippen LogP contribution is -2.21. The van der Waals surface area contributed by atoms with Gasteiger partial charge in [-0.25, -0.2) is 0 Å². The fraction of sp³-hybridized carbons (Fsp3) is 0.444. The summed E-state index contributed by atoms with van der Waals surface area (Å²) in [4.78, 5) is 3.41. The number of benzene rings is 1. The first-order valence-electron chi connectivity index (χ1n) is 7.86. The van der Waals surface area contributed by atoms with Crippen molar-refractivity contribution in [2.24, 2.45) is 0 Å². The van der Waals surface area contributed by atoms with Crippen molar-refractivity contribution >= 4 is 11.3 Å². The van der Waals surface area contributed by atoms with Crippen LogP contribution in [0.25, 0.3) is 0 Å². The topological polar surface area (TPSA) is 33.7 Å². The molecule has 0 aliphatic carbocycles. The summed E-state index contributed by atoms with van der Waals surface area (Å²) in [5.74, 6) is 1.58. The first-order valence-corrected chi connectivity index (χ1v) is 8.74. The normalized spacial score (nSPS) is 11.0. The van der Waals surface area contributed by atoms with E-state index in [0.29, 0.717) is 6.61 Å². The molecule has 4 nitrogen and oxygen atoms in total. The van der Waals surface area contributed by atoms with Crippen LogP contribution in [0.4, 0.5) is 0 Å². The summed E-state index contributed by atoms with van der Waals surface area (Å²) in [7, 11) is 5.88. The van der Waals surface area contributed by atoms with Crippen molar-refractivity contribution in [3.8, 4) is 11.5 Å². The van der Waals surface area contributed by atoms with Crippen molar-refractivity contribution < 1.29 is 9.47 Å². The average molecular weight is 334 g/mol. The van der Waals surface area contributed by atoms with Gasteiger partial charge < -0.3 is 19.7 Å². The Balaban J connectivity index is 1.83. The minimum absolute atomic E-state index is 0.580. The summed E-state index contributed by atoms with van der Waals surface area (Å²) in [6, 6.07) is 10.2. The number of thiophene rings is 1. The fourth-order valence-electron chi connectivity index (χ4n) is 2.24. The zero-order valence-electron chi connectivity index (χ0n) is 14.2. The van der Waals surface area contributed by atoms with E-state index in [-0.39, 0.29) is 0 Å². The van der Waals surface area contributed by atoms with Crippen LogP contribution in [0, 0.1) is 0 Å². The zero-order chi connectivity index (χ0) is 16.5. The molecule has 0 spiro atoms. The summed E-state index contributed by atoms with van der Waals surface area (Å²) >= 11 is 1.70. The van der Waals surface area contributed by atoms with Gasteiger partial charge in [-0.3, -0.25) is 0 Å². The van der Waals surface area contributed by atoms with Gasteiger partial charge in [0.2, 0.25) is 0 Å². The second kappa shape index (κ2) is 9.55. The molecule has 0 amide bonds. The van der Waals surface area contributed by atoms with Crippen LogP contribution >= 0.6 is 11.3 Å². The van der Waals surface area contributed by atoms with Gasteiger partial charge in [-0.15, -0.1) is 11.3 Å². The molecule has 1 aromatic heterocycles. The number of hydrogen-bond acceptors (Lipinski definition) is 5. The molecule has 0 bridgehead atoms. The Kier molecular flexibility index (Phi) is 7.39. The average Bonchev–Trinajstić information content (AvgIpc) is 3.06. The van der Waals surface area contributed by atoms with E-state index >= 15 is 0 Å². The molecule has 1 heterocycles. The highest BCUT2D eigenvalue weighted by molar-refractivity contribution is 7.09. The van der Waals surface area contributed by atoms with Gasteiger partial charge in [-0.1, -0.05) is 12.1 Å². The number of nitrogens with one attached hydrogen (secondary N) is 1. The summed E-state index contributed by atoms with van der Waals surface area (Å²) in [6.07, 6.45) is 1.14. The minimum Gasteiger partial charge on any atom is -0.493 e. The third-order valence-corrected chi connectivity index (χ3v) is 4.32. The molecule has 2 aromatic rings. The molecular formula is C18H26N2O2S. The summed E-state index contributed by atoms with van der Waals surface area (Å²) in [6.45, 7) is 3.54. The van der Waals surface area contributed by atoms with Crippen LogP contribution in [-0.4, -0.2) is 39.2 Å². The zero-order valence-corrected chi connectivity index (χ0v) is 15.0. The predicted molar refractivity (Wildman–Crippen MR) is 96.5 cm³/mol. The molecule has 1 aromatic carbocycles. The summed E-state index contributed by atoms with van der Waals surface area (Å²) in [5, 5.41) is 5.52. The van der Waals surface area contributed by atoms with E-state index in [9.17, 15) is 0 Å². The lowest BCUT2D eigenvalue weighted by molar-refractivity contribution is 0.287. The van der Waals surface area contributed by atoms with Crippen molar-refractivity contribution in [2.75, 3.05) is 34.3 Å². The van der Waals surface area contributed by atoms with Crippen molar-refractivity contribution in [1.82, 2.24) is 10.2 Å². The third kappa shape index (κ3) is 6.22. The molecule has 0 aliphatic rings. The van der Waals surface area contributed by atoms with Gasteiger partial charge in [0.15, 0.2) is 11.5 Å². The Bertz CT molecular complexity index is 570. The first kappa shape index (κ1) is 17.8. The van der Waals surface area contributed by atoms with Crippen LogP contribution in [-0.2, 0) is 13.2 Å². The molecule has 0 saturated carbocycles. The fourth-order valence-corrected chi connectivity index (χ4v) is 2.85. The SMILES string of the molecule is COc1cc(CNCCCN(C)C)ccc1OCc1cccs1. The Labute approximate surface area is 143 Å². The highest BCUT2D eigenvalue weighted by atomic mass is 32.1. The molecule has 0 atom stereocenters. The largest absolute Gasteiger partial charge is 0.493 e. The van der Waals surface area contributed by atoms with Crippen molar-refractivity contribution in [3.05, 3.63) is 46.2 Å². The van der Waals surface area contributed by atoms with Crippen LogP contribution in [0.1, 0.15) is 16.9 Å². The van der Waals surface area contributed by atoms with Crippen LogP contribution in [0.5, 0.6) is 11.5 Å². The van der Waals surface area contributed by atoms with Gasteiger partial charge in [0.25, 0.3) is 0 Å². The van der Waals surface area contributed by atoms with Crippen LogP contribution in [0.15, 0.2) is 35.7 Å². The molecule has 0 saturated heterocycles. The first-order chi connectivity index (χ1) is 11.2. The Morgan fingerprint density at radius 1 is 1.17 bits per heavy atom. The monoisotopic (exact) mass is 334 g/mol. The molecule has 0 aliphatic heterocycles.